The van der Waals surface area contributed by atoms with Gasteiger partial charge in [-0.15, -0.1) is 0 Å². The predicted molar refractivity (Wildman–Crippen MR) is 88.6 cm³/mol. The SMILES string of the molecule is CN=C(NCCc1nc2ccccc2[nH]1)NCCC(C)C. The van der Waals surface area contributed by atoms with E-state index in [1.807, 2.05) is 24.3 Å². The number of fused-ring (bicyclic) bond motifs is 1. The molecule has 0 bridgehead atoms. The van der Waals surface area contributed by atoms with E-state index in [1.165, 1.54) is 0 Å². The lowest BCUT2D eigenvalue weighted by Crippen LogP contribution is -2.39. The Labute approximate surface area is 126 Å². The molecule has 0 unspecified atom stereocenters. The second kappa shape index (κ2) is 7.67. The number of hydrogen-bond acceptors (Lipinski definition) is 2. The Bertz CT molecular complexity index is 552. The number of nitrogens with one attached hydrogen (secondary N) is 3. The zero-order valence-electron chi connectivity index (χ0n) is 13.1. The number of nitrogens with zero attached hydrogens (tertiary/aromatic N) is 2. The molecule has 0 radical (unpaired) electrons. The number of para-hydroxylation sites is 2. The van der Waals surface area contributed by atoms with E-state index >= 15 is 0 Å². The lowest BCUT2D eigenvalue weighted by Gasteiger charge is -2.12. The van der Waals surface area contributed by atoms with Crippen LogP contribution in [0, 0.1) is 5.92 Å². The molecule has 0 amide bonds. The van der Waals surface area contributed by atoms with E-state index in [0.717, 1.165) is 48.7 Å². The number of hydrogen-bond donors (Lipinski definition) is 3. The van der Waals surface area contributed by atoms with Gasteiger partial charge in [-0.1, -0.05) is 26.0 Å². The average molecular weight is 287 g/mol. The van der Waals surface area contributed by atoms with Crippen LogP contribution in [0.1, 0.15) is 26.1 Å². The maximum absolute atomic E-state index is 4.56. The van der Waals surface area contributed by atoms with Crippen molar-refractivity contribution in [1.29, 1.82) is 0 Å². The molecule has 1 heterocycles. The first-order valence-electron chi connectivity index (χ1n) is 7.57. The van der Waals surface area contributed by atoms with Crippen molar-refractivity contribution in [3.63, 3.8) is 0 Å². The summed E-state index contributed by atoms with van der Waals surface area (Å²) >= 11 is 0. The van der Waals surface area contributed by atoms with Gasteiger partial charge in [0.1, 0.15) is 5.82 Å². The van der Waals surface area contributed by atoms with E-state index in [1.54, 1.807) is 7.05 Å². The number of aliphatic imine (C=N–C) groups is 1. The number of aromatic amines is 1. The van der Waals surface area contributed by atoms with E-state index in [4.69, 9.17) is 0 Å². The smallest absolute Gasteiger partial charge is 0.190 e. The quantitative estimate of drug-likeness (QED) is 0.564. The van der Waals surface area contributed by atoms with Gasteiger partial charge in [0.25, 0.3) is 0 Å². The Morgan fingerprint density at radius 2 is 2.00 bits per heavy atom. The molecular formula is C16H25N5. The molecule has 21 heavy (non-hydrogen) atoms. The highest BCUT2D eigenvalue weighted by Crippen LogP contribution is 2.10. The fourth-order valence-electron chi connectivity index (χ4n) is 2.12. The van der Waals surface area contributed by atoms with Crippen molar-refractivity contribution in [1.82, 2.24) is 20.6 Å². The normalized spacial score (nSPS) is 12.1. The van der Waals surface area contributed by atoms with Gasteiger partial charge in [0.05, 0.1) is 11.0 Å². The van der Waals surface area contributed by atoms with Crippen LogP contribution in [0.15, 0.2) is 29.3 Å². The summed E-state index contributed by atoms with van der Waals surface area (Å²) in [5, 5.41) is 6.64. The Balaban J connectivity index is 1.77. The van der Waals surface area contributed by atoms with Crippen LogP contribution in [0.3, 0.4) is 0 Å². The van der Waals surface area contributed by atoms with E-state index in [0.29, 0.717) is 5.92 Å². The summed E-state index contributed by atoms with van der Waals surface area (Å²) in [5.41, 5.74) is 2.11. The largest absolute Gasteiger partial charge is 0.356 e. The Morgan fingerprint density at radius 1 is 1.24 bits per heavy atom. The lowest BCUT2D eigenvalue weighted by molar-refractivity contribution is 0.573. The molecule has 2 aromatic rings. The summed E-state index contributed by atoms with van der Waals surface area (Å²) < 4.78 is 0. The van der Waals surface area contributed by atoms with Gasteiger partial charge in [-0.05, 0) is 24.5 Å². The summed E-state index contributed by atoms with van der Waals surface area (Å²) in [6.07, 6.45) is 1.99. The zero-order valence-corrected chi connectivity index (χ0v) is 13.1. The summed E-state index contributed by atoms with van der Waals surface area (Å²) in [6, 6.07) is 8.09. The van der Waals surface area contributed by atoms with Crippen molar-refractivity contribution in [3.8, 4) is 0 Å². The van der Waals surface area contributed by atoms with Crippen LogP contribution < -0.4 is 10.6 Å². The van der Waals surface area contributed by atoms with Crippen LogP contribution in [0.2, 0.25) is 0 Å². The predicted octanol–water partition coefficient (Wildman–Crippen LogP) is 2.32. The maximum Gasteiger partial charge on any atom is 0.190 e. The fraction of sp³-hybridized carbons (Fsp3) is 0.500. The minimum Gasteiger partial charge on any atom is -0.356 e. The molecule has 5 heteroatoms. The molecule has 114 valence electrons. The highest BCUT2D eigenvalue weighted by atomic mass is 15.2. The number of H-pyrrole nitrogens is 1. The Kier molecular flexibility index (Phi) is 5.60. The van der Waals surface area contributed by atoms with Gasteiger partial charge in [-0.3, -0.25) is 4.99 Å². The third kappa shape index (κ3) is 4.77. The number of aromatic nitrogens is 2. The van der Waals surface area contributed by atoms with Crippen molar-refractivity contribution in [2.24, 2.45) is 10.9 Å². The summed E-state index contributed by atoms with van der Waals surface area (Å²) in [6.45, 7) is 6.20. The Hall–Kier alpha value is -2.04. The van der Waals surface area contributed by atoms with Crippen LogP contribution in [0.25, 0.3) is 11.0 Å². The topological polar surface area (TPSA) is 65.1 Å². The minimum absolute atomic E-state index is 0.700. The molecule has 0 fully saturated rings. The molecule has 1 aromatic carbocycles. The van der Waals surface area contributed by atoms with E-state index in [-0.39, 0.29) is 0 Å². The first kappa shape index (κ1) is 15.4. The molecule has 1 aromatic heterocycles. The van der Waals surface area contributed by atoms with Gasteiger partial charge in [-0.2, -0.15) is 0 Å². The molecule has 0 atom stereocenters. The van der Waals surface area contributed by atoms with E-state index in [9.17, 15) is 0 Å². The first-order valence-corrected chi connectivity index (χ1v) is 7.57. The second-order valence-electron chi connectivity index (χ2n) is 5.56. The molecular weight excluding hydrogens is 262 g/mol. The van der Waals surface area contributed by atoms with Crippen molar-refractivity contribution in [2.45, 2.75) is 26.7 Å². The lowest BCUT2D eigenvalue weighted by atomic mass is 10.1. The molecule has 3 N–H and O–H groups in total. The van der Waals surface area contributed by atoms with Crippen LogP contribution >= 0.6 is 0 Å². The van der Waals surface area contributed by atoms with Gasteiger partial charge in [-0.25, -0.2) is 4.98 Å². The highest BCUT2D eigenvalue weighted by molar-refractivity contribution is 5.79. The maximum atomic E-state index is 4.56. The van der Waals surface area contributed by atoms with E-state index in [2.05, 4.69) is 39.4 Å². The van der Waals surface area contributed by atoms with Crippen LogP contribution in [-0.4, -0.2) is 36.1 Å². The van der Waals surface area contributed by atoms with Crippen LogP contribution in [0.5, 0.6) is 0 Å². The van der Waals surface area contributed by atoms with Crippen molar-refractivity contribution in [3.05, 3.63) is 30.1 Å². The van der Waals surface area contributed by atoms with Crippen molar-refractivity contribution < 1.29 is 0 Å². The molecule has 0 saturated carbocycles. The molecule has 0 aliphatic carbocycles. The number of benzene rings is 1. The third-order valence-corrected chi connectivity index (χ3v) is 3.33. The molecule has 0 aliphatic rings. The van der Waals surface area contributed by atoms with Gasteiger partial charge in [0.2, 0.25) is 0 Å². The van der Waals surface area contributed by atoms with Gasteiger partial charge < -0.3 is 15.6 Å². The van der Waals surface area contributed by atoms with Gasteiger partial charge >= 0.3 is 0 Å². The summed E-state index contributed by atoms with van der Waals surface area (Å²) in [5.74, 6) is 2.55. The second-order valence-corrected chi connectivity index (χ2v) is 5.56. The Morgan fingerprint density at radius 3 is 2.71 bits per heavy atom. The number of guanidine groups is 1. The number of imidazole rings is 1. The minimum atomic E-state index is 0.700. The fourth-order valence-corrected chi connectivity index (χ4v) is 2.12. The molecule has 0 saturated heterocycles. The summed E-state index contributed by atoms with van der Waals surface area (Å²) in [4.78, 5) is 12.1. The third-order valence-electron chi connectivity index (χ3n) is 3.33. The van der Waals surface area contributed by atoms with E-state index < -0.39 is 0 Å². The van der Waals surface area contributed by atoms with Crippen LogP contribution in [0.4, 0.5) is 0 Å². The standard InChI is InChI=1S/C16H25N5/c1-12(2)8-10-18-16(17-3)19-11-9-15-20-13-6-4-5-7-14(13)21-15/h4-7,12H,8-11H2,1-3H3,(H,20,21)(H2,17,18,19). The highest BCUT2D eigenvalue weighted by Gasteiger charge is 2.03. The molecule has 5 nitrogen and oxygen atoms in total. The molecule has 2 rings (SSSR count). The zero-order chi connectivity index (χ0) is 15.1. The summed E-state index contributed by atoms with van der Waals surface area (Å²) in [7, 11) is 1.80. The molecule has 0 spiro atoms. The van der Waals surface area contributed by atoms with Gasteiger partial charge in [0.15, 0.2) is 5.96 Å². The van der Waals surface area contributed by atoms with Crippen molar-refractivity contribution >= 4 is 17.0 Å². The van der Waals surface area contributed by atoms with Gasteiger partial charge in [0, 0.05) is 26.6 Å². The first-order chi connectivity index (χ1) is 10.2. The number of rotatable bonds is 6. The monoisotopic (exact) mass is 287 g/mol. The van der Waals surface area contributed by atoms with Crippen molar-refractivity contribution in [2.75, 3.05) is 20.1 Å². The van der Waals surface area contributed by atoms with Crippen LogP contribution in [-0.2, 0) is 6.42 Å². The average Bonchev–Trinajstić information content (AvgIpc) is 2.88. The molecule has 0 aliphatic heterocycles.